The molecule has 1 saturated heterocycles. The van der Waals surface area contributed by atoms with E-state index in [1.165, 1.54) is 0 Å². The number of carbonyl (C=O) groups is 1. The summed E-state index contributed by atoms with van der Waals surface area (Å²) in [7, 11) is 0. The molecular weight excluding hydrogens is 256 g/mol. The van der Waals surface area contributed by atoms with Crippen LogP contribution in [0.15, 0.2) is 4.52 Å². The molecule has 1 aromatic heterocycles. The van der Waals surface area contributed by atoms with Crippen LogP contribution < -0.4 is 0 Å². The monoisotopic (exact) mass is 280 g/mol. The van der Waals surface area contributed by atoms with Gasteiger partial charge in [0, 0.05) is 19.5 Å². The molecule has 112 valence electrons. The minimum absolute atomic E-state index is 0.0147. The largest absolute Gasteiger partial charge is 0.390 e. The summed E-state index contributed by atoms with van der Waals surface area (Å²) in [6.07, 6.45) is 3.74. The summed E-state index contributed by atoms with van der Waals surface area (Å²) in [5.41, 5.74) is 0.665. The highest BCUT2D eigenvalue weighted by atomic mass is 16.5. The Morgan fingerprint density at radius 3 is 2.60 bits per heavy atom. The molecule has 1 aliphatic rings. The van der Waals surface area contributed by atoms with Gasteiger partial charge in [0.1, 0.15) is 11.3 Å². The molecule has 0 spiro atoms. The third-order valence-electron chi connectivity index (χ3n) is 4.17. The number of rotatable bonds is 4. The zero-order valence-corrected chi connectivity index (χ0v) is 12.6. The molecule has 20 heavy (non-hydrogen) atoms. The molecule has 1 N–H and O–H groups in total. The second-order valence-corrected chi connectivity index (χ2v) is 5.69. The van der Waals surface area contributed by atoms with Crippen molar-refractivity contribution in [2.45, 2.75) is 58.5 Å². The number of carbonyl (C=O) groups excluding carboxylic acids is 1. The molecule has 1 fully saturated rings. The molecule has 2 rings (SSSR count). The maximum absolute atomic E-state index is 12.6. The molecule has 0 atom stereocenters. The topological polar surface area (TPSA) is 66.6 Å². The fourth-order valence-electron chi connectivity index (χ4n) is 2.93. The molecule has 1 aliphatic heterocycles. The second-order valence-electron chi connectivity index (χ2n) is 5.69. The number of nitrogens with zero attached hydrogens (tertiary/aromatic N) is 2. The van der Waals surface area contributed by atoms with Gasteiger partial charge in [-0.05, 0) is 26.2 Å². The van der Waals surface area contributed by atoms with Crippen LogP contribution in [0.1, 0.15) is 61.3 Å². The first-order chi connectivity index (χ1) is 9.50. The van der Waals surface area contributed by atoms with Crippen LogP contribution in [-0.2, 0) is 6.42 Å². The first-order valence-corrected chi connectivity index (χ1v) is 7.47. The lowest BCUT2D eigenvalue weighted by Crippen LogP contribution is -2.46. The van der Waals surface area contributed by atoms with Gasteiger partial charge in [-0.15, -0.1) is 0 Å². The minimum atomic E-state index is -0.594. The predicted octanol–water partition coefficient (Wildman–Crippen LogP) is 2.31. The van der Waals surface area contributed by atoms with Gasteiger partial charge in [0.05, 0.1) is 11.3 Å². The van der Waals surface area contributed by atoms with Gasteiger partial charge in [0.15, 0.2) is 0 Å². The number of hydrogen-bond acceptors (Lipinski definition) is 4. The van der Waals surface area contributed by atoms with E-state index in [0.717, 1.165) is 12.8 Å². The quantitative estimate of drug-likeness (QED) is 0.919. The number of hydrogen-bond donors (Lipinski definition) is 1. The summed E-state index contributed by atoms with van der Waals surface area (Å²) in [5.74, 6) is 0.640. The number of aromatic nitrogens is 1. The fourth-order valence-corrected chi connectivity index (χ4v) is 2.93. The van der Waals surface area contributed by atoms with Crippen molar-refractivity contribution in [1.29, 1.82) is 0 Å². The predicted molar refractivity (Wildman–Crippen MR) is 75.6 cm³/mol. The van der Waals surface area contributed by atoms with Gasteiger partial charge >= 0.3 is 0 Å². The molecule has 1 amide bonds. The zero-order chi connectivity index (χ0) is 14.8. The van der Waals surface area contributed by atoms with E-state index in [0.29, 0.717) is 49.4 Å². The lowest BCUT2D eigenvalue weighted by molar-refractivity contribution is -0.0233. The summed E-state index contributed by atoms with van der Waals surface area (Å²) in [5, 5.41) is 14.3. The van der Waals surface area contributed by atoms with Crippen molar-refractivity contribution in [1.82, 2.24) is 10.1 Å². The van der Waals surface area contributed by atoms with Gasteiger partial charge in [0.2, 0.25) is 0 Å². The first kappa shape index (κ1) is 15.0. The van der Waals surface area contributed by atoms with Crippen molar-refractivity contribution >= 4 is 5.91 Å². The van der Waals surface area contributed by atoms with Gasteiger partial charge < -0.3 is 14.5 Å². The lowest BCUT2D eigenvalue weighted by atomic mass is 9.87. The third kappa shape index (κ3) is 2.87. The van der Waals surface area contributed by atoms with Crippen LogP contribution in [0.5, 0.6) is 0 Å². The van der Waals surface area contributed by atoms with E-state index in [2.05, 4.69) is 12.1 Å². The van der Waals surface area contributed by atoms with E-state index in [1.54, 1.807) is 6.92 Å². The van der Waals surface area contributed by atoms with Crippen molar-refractivity contribution in [3.63, 3.8) is 0 Å². The van der Waals surface area contributed by atoms with Crippen LogP contribution in [0.2, 0.25) is 0 Å². The normalized spacial score (nSPS) is 18.3. The van der Waals surface area contributed by atoms with Crippen molar-refractivity contribution in [3.05, 3.63) is 17.0 Å². The van der Waals surface area contributed by atoms with Gasteiger partial charge in [-0.3, -0.25) is 4.79 Å². The Hall–Kier alpha value is -1.36. The number of aryl methyl sites for hydroxylation is 2. The average Bonchev–Trinajstić information content (AvgIpc) is 2.80. The maximum Gasteiger partial charge on any atom is 0.259 e. The Morgan fingerprint density at radius 2 is 2.05 bits per heavy atom. The van der Waals surface area contributed by atoms with E-state index >= 15 is 0 Å². The maximum atomic E-state index is 12.6. The Balaban J connectivity index is 2.07. The summed E-state index contributed by atoms with van der Waals surface area (Å²) in [4.78, 5) is 14.4. The summed E-state index contributed by atoms with van der Waals surface area (Å²) < 4.78 is 5.19. The smallest absolute Gasteiger partial charge is 0.259 e. The third-order valence-corrected chi connectivity index (χ3v) is 4.17. The minimum Gasteiger partial charge on any atom is -0.390 e. The number of likely N-dealkylation sites (tertiary alicyclic amines) is 1. The molecule has 0 saturated carbocycles. The highest BCUT2D eigenvalue weighted by Crippen LogP contribution is 2.28. The standard InChI is InChI=1S/C15H24N2O3/c1-4-6-15(19)7-9-17(10-8-15)14(18)13-11(3)16-20-12(13)5-2/h19H,4-10H2,1-3H3. The molecule has 0 radical (unpaired) electrons. The van der Waals surface area contributed by atoms with Crippen LogP contribution in [0.4, 0.5) is 0 Å². The van der Waals surface area contributed by atoms with Crippen LogP contribution in [0, 0.1) is 6.92 Å². The van der Waals surface area contributed by atoms with E-state index in [4.69, 9.17) is 4.52 Å². The van der Waals surface area contributed by atoms with E-state index < -0.39 is 5.60 Å². The van der Waals surface area contributed by atoms with Gasteiger partial charge in [0.25, 0.3) is 5.91 Å². The van der Waals surface area contributed by atoms with E-state index in [-0.39, 0.29) is 5.91 Å². The van der Waals surface area contributed by atoms with E-state index in [9.17, 15) is 9.90 Å². The molecule has 0 bridgehead atoms. The van der Waals surface area contributed by atoms with Crippen LogP contribution in [0.3, 0.4) is 0 Å². The molecule has 0 aromatic carbocycles. The Bertz CT molecular complexity index is 473. The Labute approximate surface area is 119 Å². The SMILES string of the molecule is CCCC1(O)CCN(C(=O)c2c(C)noc2CC)CC1. The summed E-state index contributed by atoms with van der Waals surface area (Å²) in [6.45, 7) is 7.02. The van der Waals surface area contributed by atoms with Crippen molar-refractivity contribution in [2.24, 2.45) is 0 Å². The van der Waals surface area contributed by atoms with Crippen LogP contribution in [-0.4, -0.2) is 39.8 Å². The Kier molecular flexibility index (Phi) is 4.48. The van der Waals surface area contributed by atoms with Crippen LogP contribution >= 0.6 is 0 Å². The zero-order valence-electron chi connectivity index (χ0n) is 12.6. The van der Waals surface area contributed by atoms with Gasteiger partial charge in [-0.25, -0.2) is 0 Å². The van der Waals surface area contributed by atoms with Crippen molar-refractivity contribution < 1.29 is 14.4 Å². The molecule has 1 aromatic rings. The molecule has 5 nitrogen and oxygen atoms in total. The molecule has 5 heteroatoms. The van der Waals surface area contributed by atoms with Gasteiger partial charge in [-0.2, -0.15) is 0 Å². The highest BCUT2D eigenvalue weighted by molar-refractivity contribution is 5.96. The number of amides is 1. The Morgan fingerprint density at radius 1 is 1.40 bits per heavy atom. The fraction of sp³-hybridized carbons (Fsp3) is 0.733. The lowest BCUT2D eigenvalue weighted by Gasteiger charge is -2.38. The highest BCUT2D eigenvalue weighted by Gasteiger charge is 2.34. The summed E-state index contributed by atoms with van der Waals surface area (Å²) in [6, 6.07) is 0. The van der Waals surface area contributed by atoms with Crippen LogP contribution in [0.25, 0.3) is 0 Å². The molecule has 0 unspecified atom stereocenters. The second kappa shape index (κ2) is 5.95. The van der Waals surface area contributed by atoms with Crippen molar-refractivity contribution in [2.75, 3.05) is 13.1 Å². The number of aliphatic hydroxyl groups is 1. The molecular formula is C15H24N2O3. The average molecular weight is 280 g/mol. The van der Waals surface area contributed by atoms with Crippen molar-refractivity contribution in [3.8, 4) is 0 Å². The molecule has 0 aliphatic carbocycles. The van der Waals surface area contributed by atoms with Gasteiger partial charge in [-0.1, -0.05) is 25.4 Å². The first-order valence-electron chi connectivity index (χ1n) is 7.47. The molecule has 2 heterocycles. The number of piperidine rings is 1. The summed E-state index contributed by atoms with van der Waals surface area (Å²) >= 11 is 0. The van der Waals surface area contributed by atoms with E-state index in [1.807, 2.05) is 11.8 Å².